The number of carbonyl (C=O) groups excluding carboxylic acids is 1. The van der Waals surface area contributed by atoms with Crippen molar-refractivity contribution in [2.75, 3.05) is 5.32 Å². The van der Waals surface area contributed by atoms with Gasteiger partial charge in [-0.05, 0) is 42.7 Å². The number of ether oxygens (including phenoxy) is 1. The predicted octanol–water partition coefficient (Wildman–Crippen LogP) is 4.22. The Morgan fingerprint density at radius 3 is 2.14 bits per heavy atom. The number of carbonyl (C=O) groups is 1. The molecule has 0 spiro atoms. The van der Waals surface area contributed by atoms with Crippen molar-refractivity contribution >= 4 is 11.6 Å². The Hall–Kier alpha value is -2.29. The standard InChI is InChI=1S/C18H21NO2/c1-13(2)15-9-11-16(12-10-15)19-18(20)14(3)21-17-7-5-4-6-8-17/h4-14H,1-3H3,(H,19,20)/t14-/m1/s1. The number of hydrogen-bond donors (Lipinski definition) is 1. The van der Waals surface area contributed by atoms with Gasteiger partial charge in [0.1, 0.15) is 5.75 Å². The highest BCUT2D eigenvalue weighted by Crippen LogP contribution is 2.18. The van der Waals surface area contributed by atoms with Crippen molar-refractivity contribution in [1.82, 2.24) is 0 Å². The number of hydrogen-bond acceptors (Lipinski definition) is 2. The van der Waals surface area contributed by atoms with Crippen molar-refractivity contribution in [2.45, 2.75) is 32.8 Å². The summed E-state index contributed by atoms with van der Waals surface area (Å²) in [4.78, 5) is 12.1. The van der Waals surface area contributed by atoms with E-state index in [1.165, 1.54) is 5.56 Å². The molecule has 0 unspecified atom stereocenters. The van der Waals surface area contributed by atoms with Crippen LogP contribution < -0.4 is 10.1 Å². The zero-order valence-corrected chi connectivity index (χ0v) is 12.7. The summed E-state index contributed by atoms with van der Waals surface area (Å²) in [6, 6.07) is 17.2. The maximum atomic E-state index is 12.1. The van der Waals surface area contributed by atoms with Crippen LogP contribution in [0, 0.1) is 0 Å². The van der Waals surface area contributed by atoms with E-state index in [1.54, 1.807) is 6.92 Å². The third kappa shape index (κ3) is 4.35. The first-order chi connectivity index (χ1) is 10.1. The maximum absolute atomic E-state index is 12.1. The van der Waals surface area contributed by atoms with Crippen LogP contribution in [0.25, 0.3) is 0 Å². The molecule has 0 saturated heterocycles. The Morgan fingerprint density at radius 2 is 1.57 bits per heavy atom. The molecule has 3 heteroatoms. The fourth-order valence-electron chi connectivity index (χ4n) is 1.95. The number of rotatable bonds is 5. The Labute approximate surface area is 126 Å². The number of nitrogens with one attached hydrogen (secondary N) is 1. The summed E-state index contributed by atoms with van der Waals surface area (Å²) in [5.41, 5.74) is 2.04. The van der Waals surface area contributed by atoms with Crippen LogP contribution in [0.15, 0.2) is 54.6 Å². The van der Waals surface area contributed by atoms with Gasteiger partial charge in [-0.25, -0.2) is 0 Å². The van der Waals surface area contributed by atoms with E-state index >= 15 is 0 Å². The highest BCUT2D eigenvalue weighted by Gasteiger charge is 2.14. The van der Waals surface area contributed by atoms with E-state index in [1.807, 2.05) is 54.6 Å². The number of para-hydroxylation sites is 1. The zero-order valence-electron chi connectivity index (χ0n) is 12.7. The molecule has 0 aromatic heterocycles. The number of benzene rings is 2. The predicted molar refractivity (Wildman–Crippen MR) is 85.7 cm³/mol. The van der Waals surface area contributed by atoms with Gasteiger partial charge in [0.2, 0.25) is 0 Å². The van der Waals surface area contributed by atoms with Gasteiger partial charge >= 0.3 is 0 Å². The molecular weight excluding hydrogens is 262 g/mol. The molecule has 2 rings (SSSR count). The molecule has 0 aliphatic heterocycles. The average Bonchev–Trinajstić information content (AvgIpc) is 2.48. The van der Waals surface area contributed by atoms with Crippen LogP contribution in [0.4, 0.5) is 5.69 Å². The van der Waals surface area contributed by atoms with Gasteiger partial charge < -0.3 is 10.1 Å². The minimum Gasteiger partial charge on any atom is -0.481 e. The van der Waals surface area contributed by atoms with Crippen LogP contribution in [-0.2, 0) is 4.79 Å². The van der Waals surface area contributed by atoms with Gasteiger partial charge in [0.05, 0.1) is 0 Å². The summed E-state index contributed by atoms with van der Waals surface area (Å²) in [6.45, 7) is 6.03. The minimum absolute atomic E-state index is 0.156. The van der Waals surface area contributed by atoms with Crippen molar-refractivity contribution in [3.8, 4) is 5.75 Å². The van der Waals surface area contributed by atoms with Crippen LogP contribution in [0.3, 0.4) is 0 Å². The lowest BCUT2D eigenvalue weighted by atomic mass is 10.0. The smallest absolute Gasteiger partial charge is 0.265 e. The normalized spacial score (nSPS) is 12.0. The van der Waals surface area contributed by atoms with Crippen LogP contribution >= 0.6 is 0 Å². The first-order valence-corrected chi connectivity index (χ1v) is 7.19. The van der Waals surface area contributed by atoms with Crippen LogP contribution in [0.2, 0.25) is 0 Å². The Balaban J connectivity index is 1.94. The van der Waals surface area contributed by atoms with Gasteiger partial charge in [0.15, 0.2) is 6.10 Å². The summed E-state index contributed by atoms with van der Waals surface area (Å²) in [6.07, 6.45) is -0.544. The SMILES string of the molecule is CC(C)c1ccc(NC(=O)[C@@H](C)Oc2ccccc2)cc1. The number of amides is 1. The number of anilines is 1. The van der Waals surface area contributed by atoms with Gasteiger partial charge in [-0.3, -0.25) is 4.79 Å². The van der Waals surface area contributed by atoms with Crippen LogP contribution in [0.1, 0.15) is 32.3 Å². The molecule has 0 aliphatic rings. The lowest BCUT2D eigenvalue weighted by Crippen LogP contribution is -2.30. The fourth-order valence-corrected chi connectivity index (χ4v) is 1.95. The molecule has 110 valence electrons. The third-order valence-electron chi connectivity index (χ3n) is 3.27. The van der Waals surface area contributed by atoms with E-state index in [2.05, 4.69) is 19.2 Å². The highest BCUT2D eigenvalue weighted by atomic mass is 16.5. The Bertz CT molecular complexity index is 576. The van der Waals surface area contributed by atoms with Crippen molar-refractivity contribution in [3.63, 3.8) is 0 Å². The molecule has 1 N–H and O–H groups in total. The Morgan fingerprint density at radius 1 is 0.952 bits per heavy atom. The molecule has 1 amide bonds. The lowest BCUT2D eigenvalue weighted by Gasteiger charge is -2.15. The molecule has 0 aliphatic carbocycles. The van der Waals surface area contributed by atoms with Crippen molar-refractivity contribution in [1.29, 1.82) is 0 Å². The second-order valence-electron chi connectivity index (χ2n) is 5.34. The van der Waals surface area contributed by atoms with Gasteiger partial charge in [-0.1, -0.05) is 44.2 Å². The van der Waals surface area contributed by atoms with Gasteiger partial charge in [-0.15, -0.1) is 0 Å². The molecule has 0 fully saturated rings. The van der Waals surface area contributed by atoms with Crippen molar-refractivity contribution < 1.29 is 9.53 Å². The van der Waals surface area contributed by atoms with Crippen LogP contribution in [-0.4, -0.2) is 12.0 Å². The maximum Gasteiger partial charge on any atom is 0.265 e. The first kappa shape index (κ1) is 15.1. The molecule has 0 bridgehead atoms. The van der Waals surface area contributed by atoms with Gasteiger partial charge in [-0.2, -0.15) is 0 Å². The van der Waals surface area contributed by atoms with Crippen molar-refractivity contribution in [3.05, 3.63) is 60.2 Å². The quantitative estimate of drug-likeness (QED) is 0.892. The highest BCUT2D eigenvalue weighted by molar-refractivity contribution is 5.94. The summed E-state index contributed by atoms with van der Waals surface area (Å²) in [5.74, 6) is 1.02. The third-order valence-corrected chi connectivity index (χ3v) is 3.27. The summed E-state index contributed by atoms with van der Waals surface area (Å²) in [7, 11) is 0. The molecule has 2 aromatic rings. The van der Waals surface area contributed by atoms with Gasteiger partial charge in [0, 0.05) is 5.69 Å². The molecule has 3 nitrogen and oxygen atoms in total. The second-order valence-corrected chi connectivity index (χ2v) is 5.34. The molecule has 1 atom stereocenters. The van der Waals surface area contributed by atoms with E-state index in [0.29, 0.717) is 11.7 Å². The van der Waals surface area contributed by atoms with E-state index in [0.717, 1.165) is 5.69 Å². The summed E-state index contributed by atoms with van der Waals surface area (Å²) >= 11 is 0. The Kier molecular flexibility index (Phi) is 4.99. The first-order valence-electron chi connectivity index (χ1n) is 7.19. The summed E-state index contributed by atoms with van der Waals surface area (Å²) in [5, 5.41) is 2.86. The van der Waals surface area contributed by atoms with Crippen molar-refractivity contribution in [2.24, 2.45) is 0 Å². The van der Waals surface area contributed by atoms with E-state index in [4.69, 9.17) is 4.74 Å². The average molecular weight is 283 g/mol. The summed E-state index contributed by atoms with van der Waals surface area (Å²) < 4.78 is 5.60. The topological polar surface area (TPSA) is 38.3 Å². The van der Waals surface area contributed by atoms with E-state index < -0.39 is 6.10 Å². The monoisotopic (exact) mass is 283 g/mol. The van der Waals surface area contributed by atoms with E-state index in [-0.39, 0.29) is 5.91 Å². The zero-order chi connectivity index (χ0) is 15.2. The fraction of sp³-hybridized carbons (Fsp3) is 0.278. The molecule has 0 saturated carbocycles. The molecular formula is C18H21NO2. The molecule has 21 heavy (non-hydrogen) atoms. The molecule has 2 aromatic carbocycles. The largest absolute Gasteiger partial charge is 0.481 e. The molecule has 0 radical (unpaired) electrons. The molecule has 0 heterocycles. The van der Waals surface area contributed by atoms with Gasteiger partial charge in [0.25, 0.3) is 5.91 Å². The lowest BCUT2D eigenvalue weighted by molar-refractivity contribution is -0.122. The second kappa shape index (κ2) is 6.93. The minimum atomic E-state index is -0.544. The van der Waals surface area contributed by atoms with Crippen LogP contribution in [0.5, 0.6) is 5.75 Å². The van der Waals surface area contributed by atoms with E-state index in [9.17, 15) is 4.79 Å².